The average molecular weight is 446 g/mol. The Kier molecular flexibility index (Phi) is 8.21. The largest absolute Gasteiger partial charge is 0.352 e. The molecule has 1 N–H and O–H groups in total. The average Bonchev–Trinajstić information content (AvgIpc) is 2.70. The molecule has 2 rings (SSSR count). The van der Waals surface area contributed by atoms with Gasteiger partial charge in [-0.15, -0.1) is 0 Å². The second kappa shape index (κ2) is 10.4. The molecule has 0 saturated carbocycles. The molecule has 1 unspecified atom stereocenters. The van der Waals surface area contributed by atoms with Gasteiger partial charge in [-0.25, -0.2) is 8.42 Å². The lowest BCUT2D eigenvalue weighted by Crippen LogP contribution is -2.52. The molecule has 2 aromatic carbocycles. The number of carbonyl (C=O) groups excluding carboxylic acids is 2. The zero-order valence-electron chi connectivity index (χ0n) is 18.7. The fourth-order valence-corrected chi connectivity index (χ4v) is 3.94. The first-order valence-electron chi connectivity index (χ1n) is 10.2. The number of nitrogens with zero attached hydrogens (tertiary/aromatic N) is 2. The van der Waals surface area contributed by atoms with Gasteiger partial charge in [-0.2, -0.15) is 0 Å². The molecule has 0 aliphatic rings. The van der Waals surface area contributed by atoms with E-state index < -0.39 is 28.5 Å². The van der Waals surface area contributed by atoms with Gasteiger partial charge in [-0.05, 0) is 45.4 Å². The smallest absolute Gasteiger partial charge is 0.244 e. The molecule has 1 atom stereocenters. The van der Waals surface area contributed by atoms with E-state index in [4.69, 9.17) is 0 Å². The van der Waals surface area contributed by atoms with Crippen LogP contribution in [-0.2, 0) is 26.2 Å². The van der Waals surface area contributed by atoms with Crippen LogP contribution >= 0.6 is 0 Å². The monoisotopic (exact) mass is 445 g/mol. The van der Waals surface area contributed by atoms with Gasteiger partial charge >= 0.3 is 0 Å². The number of hydrogen-bond acceptors (Lipinski definition) is 4. The second-order valence-corrected chi connectivity index (χ2v) is 9.86. The van der Waals surface area contributed by atoms with E-state index in [0.717, 1.165) is 21.7 Å². The molecular weight excluding hydrogens is 414 g/mol. The number of sulfonamides is 1. The van der Waals surface area contributed by atoms with Crippen molar-refractivity contribution in [2.75, 3.05) is 17.1 Å². The summed E-state index contributed by atoms with van der Waals surface area (Å²) in [6.07, 6.45) is 1.07. The molecule has 8 heteroatoms. The van der Waals surface area contributed by atoms with E-state index in [1.54, 1.807) is 31.2 Å². The molecule has 0 radical (unpaired) electrons. The number of nitrogens with one attached hydrogen (secondary N) is 1. The fourth-order valence-electron chi connectivity index (χ4n) is 3.09. The number of aryl methyl sites for hydroxylation is 1. The highest BCUT2D eigenvalue weighted by Gasteiger charge is 2.30. The summed E-state index contributed by atoms with van der Waals surface area (Å²) in [7, 11) is -3.71. The van der Waals surface area contributed by atoms with Gasteiger partial charge in [0, 0.05) is 12.6 Å². The highest BCUT2D eigenvalue weighted by molar-refractivity contribution is 7.92. The van der Waals surface area contributed by atoms with Crippen molar-refractivity contribution in [3.05, 3.63) is 65.7 Å². The fraction of sp³-hybridized carbons (Fsp3) is 0.391. The summed E-state index contributed by atoms with van der Waals surface area (Å²) in [4.78, 5) is 27.4. The van der Waals surface area contributed by atoms with E-state index >= 15 is 0 Å². The Balaban J connectivity index is 2.35. The molecule has 7 nitrogen and oxygen atoms in total. The first-order valence-corrected chi connectivity index (χ1v) is 12.0. The molecule has 0 spiro atoms. The molecule has 0 aliphatic carbocycles. The third-order valence-electron chi connectivity index (χ3n) is 4.80. The number of amides is 2. The van der Waals surface area contributed by atoms with Gasteiger partial charge in [0.05, 0.1) is 11.9 Å². The Morgan fingerprint density at radius 1 is 0.968 bits per heavy atom. The Morgan fingerprint density at radius 3 is 2.06 bits per heavy atom. The summed E-state index contributed by atoms with van der Waals surface area (Å²) in [5, 5.41) is 2.82. The standard InChI is InChI=1S/C23H31N3O4S/c1-17(2)24-23(28)19(4)25(15-20-9-7-6-8-10-20)22(27)16-26(31(5,29)30)21-13-11-18(3)12-14-21/h6-14,17,19H,15-16H2,1-5H3,(H,24,28). The van der Waals surface area contributed by atoms with Crippen molar-refractivity contribution in [2.24, 2.45) is 0 Å². The lowest BCUT2D eigenvalue weighted by Gasteiger charge is -2.31. The van der Waals surface area contributed by atoms with E-state index in [-0.39, 0.29) is 18.5 Å². The Morgan fingerprint density at radius 2 is 1.55 bits per heavy atom. The summed E-state index contributed by atoms with van der Waals surface area (Å²) in [5.41, 5.74) is 2.23. The van der Waals surface area contributed by atoms with E-state index in [9.17, 15) is 18.0 Å². The van der Waals surface area contributed by atoms with Crippen LogP contribution in [0.15, 0.2) is 54.6 Å². The van der Waals surface area contributed by atoms with Crippen molar-refractivity contribution in [3.63, 3.8) is 0 Å². The summed E-state index contributed by atoms with van der Waals surface area (Å²) in [6.45, 7) is 7.03. The van der Waals surface area contributed by atoms with Crippen molar-refractivity contribution in [3.8, 4) is 0 Å². The summed E-state index contributed by atoms with van der Waals surface area (Å²) in [6, 6.07) is 15.4. The molecule has 2 aromatic rings. The van der Waals surface area contributed by atoms with Crippen LogP contribution in [0.5, 0.6) is 0 Å². The van der Waals surface area contributed by atoms with Crippen LogP contribution in [0.2, 0.25) is 0 Å². The molecule has 0 aromatic heterocycles. The molecule has 0 heterocycles. The van der Waals surface area contributed by atoms with Crippen LogP contribution in [0, 0.1) is 6.92 Å². The van der Waals surface area contributed by atoms with Gasteiger partial charge in [-0.3, -0.25) is 13.9 Å². The summed E-state index contributed by atoms with van der Waals surface area (Å²) in [5.74, 6) is -0.748. The Bertz CT molecular complexity index is 989. The van der Waals surface area contributed by atoms with Crippen molar-refractivity contribution >= 4 is 27.5 Å². The molecule has 31 heavy (non-hydrogen) atoms. The van der Waals surface area contributed by atoms with Gasteiger partial charge in [0.15, 0.2) is 0 Å². The minimum absolute atomic E-state index is 0.0799. The van der Waals surface area contributed by atoms with Gasteiger partial charge in [0.1, 0.15) is 12.6 Å². The highest BCUT2D eigenvalue weighted by Crippen LogP contribution is 2.19. The van der Waals surface area contributed by atoms with E-state index in [0.29, 0.717) is 5.69 Å². The maximum Gasteiger partial charge on any atom is 0.244 e. The minimum atomic E-state index is -3.71. The van der Waals surface area contributed by atoms with Gasteiger partial charge in [0.2, 0.25) is 21.8 Å². The van der Waals surface area contributed by atoms with Crippen molar-refractivity contribution in [2.45, 2.75) is 46.3 Å². The number of anilines is 1. The number of rotatable bonds is 9. The van der Waals surface area contributed by atoms with Crippen molar-refractivity contribution in [1.82, 2.24) is 10.2 Å². The first-order chi connectivity index (χ1) is 14.5. The lowest BCUT2D eigenvalue weighted by molar-refractivity contribution is -0.139. The SMILES string of the molecule is Cc1ccc(N(CC(=O)N(Cc2ccccc2)C(C)C(=O)NC(C)C)S(C)(=O)=O)cc1. The van der Waals surface area contributed by atoms with Gasteiger partial charge < -0.3 is 10.2 Å². The van der Waals surface area contributed by atoms with Crippen LogP contribution in [0.1, 0.15) is 31.9 Å². The lowest BCUT2D eigenvalue weighted by atomic mass is 10.1. The molecule has 0 saturated heterocycles. The molecule has 0 aliphatic heterocycles. The second-order valence-electron chi connectivity index (χ2n) is 7.95. The normalized spacial score (nSPS) is 12.3. The molecule has 2 amide bonds. The van der Waals surface area contributed by atoms with Crippen molar-refractivity contribution < 1.29 is 18.0 Å². The quantitative estimate of drug-likeness (QED) is 0.643. The number of benzene rings is 2. The summed E-state index contributed by atoms with van der Waals surface area (Å²) >= 11 is 0. The van der Waals surface area contributed by atoms with Crippen LogP contribution in [-0.4, -0.2) is 50.0 Å². The zero-order valence-corrected chi connectivity index (χ0v) is 19.5. The van der Waals surface area contributed by atoms with E-state index in [2.05, 4.69) is 5.32 Å². The van der Waals surface area contributed by atoms with Crippen LogP contribution in [0.4, 0.5) is 5.69 Å². The molecule has 0 fully saturated rings. The number of carbonyl (C=O) groups is 2. The zero-order chi connectivity index (χ0) is 23.2. The van der Waals surface area contributed by atoms with E-state index in [1.807, 2.05) is 51.1 Å². The third kappa shape index (κ3) is 7.10. The predicted octanol–water partition coefficient (Wildman–Crippen LogP) is 2.70. The Hall–Kier alpha value is -2.87. The Labute approximate surface area is 185 Å². The summed E-state index contributed by atoms with van der Waals surface area (Å²) < 4.78 is 26.0. The van der Waals surface area contributed by atoms with Gasteiger partial charge in [0.25, 0.3) is 0 Å². The maximum atomic E-state index is 13.3. The highest BCUT2D eigenvalue weighted by atomic mass is 32.2. The molecule has 168 valence electrons. The molecular formula is C23H31N3O4S. The predicted molar refractivity (Wildman–Crippen MR) is 123 cm³/mol. The minimum Gasteiger partial charge on any atom is -0.352 e. The first kappa shape index (κ1) is 24.4. The van der Waals surface area contributed by atoms with Gasteiger partial charge in [-0.1, -0.05) is 48.0 Å². The van der Waals surface area contributed by atoms with Crippen LogP contribution in [0.25, 0.3) is 0 Å². The topological polar surface area (TPSA) is 86.8 Å². The van der Waals surface area contributed by atoms with E-state index in [1.165, 1.54) is 4.90 Å². The van der Waals surface area contributed by atoms with Crippen LogP contribution < -0.4 is 9.62 Å². The molecule has 0 bridgehead atoms. The van der Waals surface area contributed by atoms with Crippen LogP contribution in [0.3, 0.4) is 0 Å². The van der Waals surface area contributed by atoms with Crippen molar-refractivity contribution in [1.29, 1.82) is 0 Å². The third-order valence-corrected chi connectivity index (χ3v) is 5.94. The maximum absolute atomic E-state index is 13.3. The number of hydrogen-bond donors (Lipinski definition) is 1.